The second-order valence-corrected chi connectivity index (χ2v) is 11.2. The van der Waals surface area contributed by atoms with E-state index in [4.69, 9.17) is 4.84 Å². The number of Topliss-reactive ketones (excluding diaryl/α,β-unsaturated/α-hetero) is 1. The molecule has 0 radical (unpaired) electrons. The van der Waals surface area contributed by atoms with Crippen LogP contribution < -0.4 is 0 Å². The number of benzene rings is 2. The predicted octanol–water partition coefficient (Wildman–Crippen LogP) is 7.26. The Bertz CT molecular complexity index is 1300. The Balaban J connectivity index is 1.47. The average molecular weight is 513 g/mol. The van der Waals surface area contributed by atoms with E-state index in [0.29, 0.717) is 6.42 Å². The molecule has 2 aromatic carbocycles. The van der Waals surface area contributed by atoms with Gasteiger partial charge in [-0.05, 0) is 85.5 Å². The SMILES string of the molecule is CC1=C(c2ccc([C@@H]3CCCC(C(=O)Cc4ccncc4)C[C@]3(C)c3ccc(F)cc3)cc2)C(C)N(C)O1. The first-order chi connectivity index (χ1) is 18.3. The molecule has 5 rings (SSSR count). The molecule has 198 valence electrons. The van der Waals surface area contributed by atoms with Crippen LogP contribution in [0.2, 0.25) is 0 Å². The third-order valence-electron chi connectivity index (χ3n) is 8.82. The first kappa shape index (κ1) is 26.3. The van der Waals surface area contributed by atoms with Gasteiger partial charge in [0.2, 0.25) is 0 Å². The molecule has 1 aliphatic heterocycles. The number of hydrogen-bond donors (Lipinski definition) is 0. The highest BCUT2D eigenvalue weighted by molar-refractivity contribution is 5.83. The summed E-state index contributed by atoms with van der Waals surface area (Å²) in [5, 5.41) is 1.89. The van der Waals surface area contributed by atoms with Crippen LogP contribution in [0, 0.1) is 11.7 Å². The number of rotatable bonds is 6. The van der Waals surface area contributed by atoms with Crippen LogP contribution in [-0.2, 0) is 21.5 Å². The minimum absolute atomic E-state index is 0.0395. The highest BCUT2D eigenvalue weighted by Crippen LogP contribution is 2.50. The lowest BCUT2D eigenvalue weighted by molar-refractivity contribution is -0.123. The van der Waals surface area contributed by atoms with Crippen LogP contribution in [0.25, 0.3) is 5.57 Å². The molecule has 4 nitrogen and oxygen atoms in total. The first-order valence-corrected chi connectivity index (χ1v) is 13.7. The van der Waals surface area contributed by atoms with Crippen molar-refractivity contribution in [3.8, 4) is 0 Å². The van der Waals surface area contributed by atoms with Crippen molar-refractivity contribution in [2.75, 3.05) is 7.05 Å². The molecule has 1 aliphatic carbocycles. The number of nitrogens with zero attached hydrogens (tertiary/aromatic N) is 2. The molecule has 1 fully saturated rings. The van der Waals surface area contributed by atoms with Gasteiger partial charge < -0.3 is 4.84 Å². The molecule has 3 aromatic rings. The normalized spacial score (nSPS) is 26.2. The highest BCUT2D eigenvalue weighted by Gasteiger charge is 2.42. The van der Waals surface area contributed by atoms with Gasteiger partial charge in [-0.2, -0.15) is 0 Å². The minimum atomic E-state index is -0.302. The second-order valence-electron chi connectivity index (χ2n) is 11.2. The summed E-state index contributed by atoms with van der Waals surface area (Å²) >= 11 is 0. The molecule has 5 heteroatoms. The van der Waals surface area contributed by atoms with Gasteiger partial charge in [-0.3, -0.25) is 9.78 Å². The van der Waals surface area contributed by atoms with Gasteiger partial charge in [-0.1, -0.05) is 49.7 Å². The molecular formula is C33H37FN2O2. The van der Waals surface area contributed by atoms with Crippen molar-refractivity contribution < 1.29 is 14.0 Å². The molecule has 0 saturated heterocycles. The number of allylic oxidation sites excluding steroid dienone is 1. The standard InChI is InChI=1S/C33H37FN2O2/c1-22-32(23(2)38-36(22)4)26-10-8-25(9-11-26)30-7-5-6-27(31(37)20-24-16-18-35-19-17-24)21-33(30,3)28-12-14-29(34)15-13-28/h8-19,22,27,30H,5-7,20-21H2,1-4H3/t22?,27?,30-,33+/m0/s1. The molecule has 0 N–H and O–H groups in total. The summed E-state index contributed by atoms with van der Waals surface area (Å²) in [6, 6.07) is 19.8. The third-order valence-corrected chi connectivity index (χ3v) is 8.82. The Morgan fingerprint density at radius 1 is 1.05 bits per heavy atom. The zero-order valence-corrected chi connectivity index (χ0v) is 22.8. The monoisotopic (exact) mass is 512 g/mol. The summed E-state index contributed by atoms with van der Waals surface area (Å²) in [7, 11) is 1.96. The summed E-state index contributed by atoms with van der Waals surface area (Å²) in [5.41, 5.74) is 5.44. The van der Waals surface area contributed by atoms with Gasteiger partial charge in [0.05, 0.1) is 6.04 Å². The summed E-state index contributed by atoms with van der Waals surface area (Å²) < 4.78 is 13.9. The van der Waals surface area contributed by atoms with E-state index < -0.39 is 0 Å². The van der Waals surface area contributed by atoms with E-state index in [1.54, 1.807) is 24.5 Å². The molecule has 0 spiro atoms. The molecule has 2 aliphatic rings. The molecule has 4 atom stereocenters. The fourth-order valence-electron chi connectivity index (χ4n) is 6.61. The van der Waals surface area contributed by atoms with Crippen LogP contribution in [0.4, 0.5) is 4.39 Å². The molecule has 0 bridgehead atoms. The number of hydroxylamine groups is 2. The van der Waals surface area contributed by atoms with Gasteiger partial charge in [0.25, 0.3) is 0 Å². The number of hydrogen-bond acceptors (Lipinski definition) is 4. The minimum Gasteiger partial charge on any atom is -0.410 e. The number of likely N-dealkylation sites (N-methyl/N-ethyl adjacent to an activating group) is 1. The largest absolute Gasteiger partial charge is 0.410 e. The number of ketones is 1. The van der Waals surface area contributed by atoms with Gasteiger partial charge in [0, 0.05) is 42.8 Å². The molecule has 1 aromatic heterocycles. The average Bonchev–Trinajstić information content (AvgIpc) is 3.05. The summed E-state index contributed by atoms with van der Waals surface area (Å²) in [4.78, 5) is 23.4. The Hall–Kier alpha value is -3.31. The Labute approximate surface area is 225 Å². The quantitative estimate of drug-likeness (QED) is 0.326. The van der Waals surface area contributed by atoms with Gasteiger partial charge >= 0.3 is 0 Å². The highest BCUT2D eigenvalue weighted by atomic mass is 19.1. The Kier molecular flexibility index (Phi) is 7.49. The van der Waals surface area contributed by atoms with Gasteiger partial charge in [0.15, 0.2) is 0 Å². The lowest BCUT2D eigenvalue weighted by Gasteiger charge is -2.39. The first-order valence-electron chi connectivity index (χ1n) is 13.7. The maximum Gasteiger partial charge on any atom is 0.140 e. The van der Waals surface area contributed by atoms with Crippen molar-refractivity contribution in [1.29, 1.82) is 0 Å². The molecule has 2 unspecified atom stereocenters. The van der Waals surface area contributed by atoms with Crippen molar-refractivity contribution in [2.24, 2.45) is 5.92 Å². The number of aromatic nitrogens is 1. The Morgan fingerprint density at radius 2 is 1.74 bits per heavy atom. The maximum atomic E-state index is 13.9. The molecule has 0 amide bonds. The summed E-state index contributed by atoms with van der Waals surface area (Å²) in [6.07, 6.45) is 7.50. The van der Waals surface area contributed by atoms with Crippen LogP contribution in [0.3, 0.4) is 0 Å². The van der Waals surface area contributed by atoms with Crippen molar-refractivity contribution in [2.45, 2.75) is 70.3 Å². The van der Waals surface area contributed by atoms with E-state index in [2.05, 4.69) is 43.1 Å². The van der Waals surface area contributed by atoms with E-state index in [0.717, 1.165) is 42.6 Å². The van der Waals surface area contributed by atoms with Crippen molar-refractivity contribution in [3.05, 3.63) is 107 Å². The number of carbonyl (C=O) groups excluding carboxylic acids is 1. The fraction of sp³-hybridized carbons (Fsp3) is 0.394. The predicted molar refractivity (Wildman–Crippen MR) is 149 cm³/mol. The van der Waals surface area contributed by atoms with E-state index in [1.807, 2.05) is 43.3 Å². The van der Waals surface area contributed by atoms with E-state index in [-0.39, 0.29) is 34.9 Å². The van der Waals surface area contributed by atoms with Crippen molar-refractivity contribution in [1.82, 2.24) is 10.0 Å². The second kappa shape index (κ2) is 10.8. The zero-order valence-electron chi connectivity index (χ0n) is 22.8. The van der Waals surface area contributed by atoms with E-state index >= 15 is 0 Å². The van der Waals surface area contributed by atoms with Crippen LogP contribution >= 0.6 is 0 Å². The zero-order chi connectivity index (χ0) is 26.9. The van der Waals surface area contributed by atoms with Crippen molar-refractivity contribution in [3.63, 3.8) is 0 Å². The van der Waals surface area contributed by atoms with Gasteiger partial charge in [0.1, 0.15) is 17.4 Å². The smallest absolute Gasteiger partial charge is 0.140 e. The lowest BCUT2D eigenvalue weighted by Crippen LogP contribution is -2.33. The molecule has 2 heterocycles. The van der Waals surface area contributed by atoms with E-state index in [1.165, 1.54) is 16.7 Å². The summed E-state index contributed by atoms with van der Waals surface area (Å²) in [5.74, 6) is 1.16. The topological polar surface area (TPSA) is 42.4 Å². The van der Waals surface area contributed by atoms with Gasteiger partial charge in [-0.25, -0.2) is 4.39 Å². The van der Waals surface area contributed by atoms with Crippen molar-refractivity contribution >= 4 is 11.4 Å². The van der Waals surface area contributed by atoms with Gasteiger partial charge in [-0.15, -0.1) is 5.06 Å². The van der Waals surface area contributed by atoms with Crippen LogP contribution in [0.1, 0.15) is 74.6 Å². The molecule has 38 heavy (non-hydrogen) atoms. The van der Waals surface area contributed by atoms with Crippen LogP contribution in [0.5, 0.6) is 0 Å². The Morgan fingerprint density at radius 3 is 2.37 bits per heavy atom. The van der Waals surface area contributed by atoms with Crippen LogP contribution in [-0.4, -0.2) is 28.9 Å². The fourth-order valence-corrected chi connectivity index (χ4v) is 6.61. The van der Waals surface area contributed by atoms with Crippen LogP contribution in [0.15, 0.2) is 78.8 Å². The number of pyridine rings is 1. The maximum absolute atomic E-state index is 13.9. The number of halogens is 1. The number of carbonyl (C=O) groups is 1. The molecule has 1 saturated carbocycles. The summed E-state index contributed by atoms with van der Waals surface area (Å²) in [6.45, 7) is 6.44. The lowest BCUT2D eigenvalue weighted by atomic mass is 9.64. The molecular weight excluding hydrogens is 475 g/mol. The third kappa shape index (κ3) is 5.17. The van der Waals surface area contributed by atoms with E-state index in [9.17, 15) is 9.18 Å².